The number of phenolic OH excluding ortho intramolecular Hbond substituents is 1. The molecule has 0 unspecified atom stereocenters. The second-order valence-corrected chi connectivity index (χ2v) is 6.75. The maximum absolute atomic E-state index is 12.1. The van der Waals surface area contributed by atoms with Crippen LogP contribution < -0.4 is 0 Å². The zero-order valence-electron chi connectivity index (χ0n) is 9.81. The molecule has 1 aliphatic heterocycles. The summed E-state index contributed by atoms with van der Waals surface area (Å²) in [5, 5.41) is 10.1. The number of aromatic hydroxyl groups is 1. The number of thiocarbonyl (C=S) groups is 1. The van der Waals surface area contributed by atoms with Crippen LogP contribution in [-0.4, -0.2) is 26.8 Å². The second-order valence-electron chi connectivity index (χ2n) is 3.75. The number of hydrogen-bond donors (Lipinski definition) is 1. The molecule has 0 radical (unpaired) electrons. The maximum atomic E-state index is 12.1. The average Bonchev–Trinajstić information content (AvgIpc) is 2.60. The fraction of sp³-hybridized carbons (Fsp3) is 0.167. The standard InChI is InChI=1S/C12H9BrClNO2S2/c1-2-15-11(17)9(19-12(15)18)4-6-3-7(13)5-8(14)10(6)16/h3-5,16H,2H2,1H3/b9-4+. The summed E-state index contributed by atoms with van der Waals surface area (Å²) in [7, 11) is 0. The van der Waals surface area contributed by atoms with E-state index in [0.29, 0.717) is 21.3 Å². The minimum atomic E-state index is -0.145. The zero-order chi connectivity index (χ0) is 14.2. The molecule has 0 aromatic heterocycles. The number of rotatable bonds is 2. The lowest BCUT2D eigenvalue weighted by Crippen LogP contribution is -2.27. The molecule has 1 saturated heterocycles. The van der Waals surface area contributed by atoms with E-state index in [0.717, 1.165) is 4.47 Å². The van der Waals surface area contributed by atoms with Crippen LogP contribution in [0.15, 0.2) is 21.5 Å². The van der Waals surface area contributed by atoms with Crippen molar-refractivity contribution in [1.29, 1.82) is 0 Å². The molecule has 1 aromatic carbocycles. The minimum absolute atomic E-state index is 0.0494. The molecule has 100 valence electrons. The summed E-state index contributed by atoms with van der Waals surface area (Å²) in [4.78, 5) is 14.1. The van der Waals surface area contributed by atoms with E-state index in [1.165, 1.54) is 16.7 Å². The van der Waals surface area contributed by atoms with Gasteiger partial charge >= 0.3 is 0 Å². The predicted molar refractivity (Wildman–Crippen MR) is 86.4 cm³/mol. The van der Waals surface area contributed by atoms with Gasteiger partial charge in [0.1, 0.15) is 10.1 Å². The highest BCUT2D eigenvalue weighted by atomic mass is 79.9. The van der Waals surface area contributed by atoms with Gasteiger partial charge in [-0.1, -0.05) is 51.5 Å². The minimum Gasteiger partial charge on any atom is -0.506 e. The van der Waals surface area contributed by atoms with Gasteiger partial charge in [-0.3, -0.25) is 9.69 Å². The number of halogens is 2. The lowest BCUT2D eigenvalue weighted by Gasteiger charge is -2.09. The lowest BCUT2D eigenvalue weighted by molar-refractivity contribution is -0.121. The largest absolute Gasteiger partial charge is 0.506 e. The molecular formula is C12H9BrClNO2S2. The van der Waals surface area contributed by atoms with Crippen molar-refractivity contribution in [3.05, 3.63) is 32.1 Å². The van der Waals surface area contributed by atoms with Crippen molar-refractivity contribution in [2.75, 3.05) is 6.54 Å². The van der Waals surface area contributed by atoms with Gasteiger partial charge in [-0.2, -0.15) is 0 Å². The third-order valence-electron chi connectivity index (χ3n) is 2.53. The molecule has 0 spiro atoms. The Labute approximate surface area is 133 Å². The van der Waals surface area contributed by atoms with Crippen molar-refractivity contribution < 1.29 is 9.90 Å². The molecule has 0 atom stereocenters. The van der Waals surface area contributed by atoms with Crippen LogP contribution >= 0.6 is 51.5 Å². The maximum Gasteiger partial charge on any atom is 0.266 e. The van der Waals surface area contributed by atoms with Crippen LogP contribution in [-0.2, 0) is 4.79 Å². The van der Waals surface area contributed by atoms with Gasteiger partial charge in [0.2, 0.25) is 0 Å². The van der Waals surface area contributed by atoms with E-state index in [1.54, 1.807) is 18.2 Å². The lowest BCUT2D eigenvalue weighted by atomic mass is 10.2. The Hall–Kier alpha value is -0.560. The molecule has 0 bridgehead atoms. The zero-order valence-corrected chi connectivity index (χ0v) is 13.8. The second kappa shape index (κ2) is 5.83. The Balaban J connectivity index is 2.43. The number of nitrogens with zero attached hydrogens (tertiary/aromatic N) is 1. The summed E-state index contributed by atoms with van der Waals surface area (Å²) >= 11 is 15.5. The third-order valence-corrected chi connectivity index (χ3v) is 4.66. The molecule has 7 heteroatoms. The summed E-state index contributed by atoms with van der Waals surface area (Å²) in [6.45, 7) is 2.40. The molecule has 1 fully saturated rings. The molecule has 1 aromatic rings. The fourth-order valence-corrected chi connectivity index (χ4v) is 3.82. The van der Waals surface area contributed by atoms with Crippen LogP contribution in [0.5, 0.6) is 5.75 Å². The highest BCUT2D eigenvalue weighted by molar-refractivity contribution is 9.10. The molecule has 19 heavy (non-hydrogen) atoms. The molecule has 1 heterocycles. The first kappa shape index (κ1) is 14.8. The van der Waals surface area contributed by atoms with Crippen LogP contribution in [0.4, 0.5) is 0 Å². The van der Waals surface area contributed by atoms with Crippen molar-refractivity contribution in [2.45, 2.75) is 6.92 Å². The predicted octanol–water partition coefficient (Wildman–Crippen LogP) is 4.03. The van der Waals surface area contributed by atoms with Gasteiger partial charge in [0.15, 0.2) is 0 Å². The van der Waals surface area contributed by atoms with Crippen LogP contribution in [0, 0.1) is 0 Å². The number of hydrogen-bond acceptors (Lipinski definition) is 4. The molecule has 1 aliphatic rings. The van der Waals surface area contributed by atoms with Gasteiger partial charge in [-0.05, 0) is 25.1 Å². The van der Waals surface area contributed by atoms with E-state index in [-0.39, 0.29) is 16.7 Å². The van der Waals surface area contributed by atoms with Crippen LogP contribution in [0.3, 0.4) is 0 Å². The monoisotopic (exact) mass is 377 g/mol. The molecule has 0 saturated carbocycles. The van der Waals surface area contributed by atoms with Crippen molar-refractivity contribution in [3.8, 4) is 5.75 Å². The van der Waals surface area contributed by atoms with Gasteiger partial charge in [0.05, 0.1) is 9.93 Å². The van der Waals surface area contributed by atoms with E-state index in [9.17, 15) is 9.90 Å². The summed E-state index contributed by atoms with van der Waals surface area (Å²) in [6.07, 6.45) is 1.60. The van der Waals surface area contributed by atoms with Gasteiger partial charge in [-0.25, -0.2) is 0 Å². The number of amides is 1. The highest BCUT2D eigenvalue weighted by Gasteiger charge is 2.30. The summed E-state index contributed by atoms with van der Waals surface area (Å²) < 4.78 is 1.26. The number of phenols is 1. The quantitative estimate of drug-likeness (QED) is 0.623. The van der Waals surface area contributed by atoms with Crippen molar-refractivity contribution in [3.63, 3.8) is 0 Å². The first-order valence-corrected chi connectivity index (χ1v) is 7.77. The molecule has 1 amide bonds. The molecular weight excluding hydrogens is 370 g/mol. The first-order chi connectivity index (χ1) is 8.93. The van der Waals surface area contributed by atoms with Crippen LogP contribution in [0.1, 0.15) is 12.5 Å². The number of benzene rings is 1. The smallest absolute Gasteiger partial charge is 0.266 e. The molecule has 3 nitrogen and oxygen atoms in total. The number of likely N-dealkylation sites (N-methyl/N-ethyl adjacent to an activating group) is 1. The molecule has 0 aliphatic carbocycles. The van der Waals surface area contributed by atoms with Gasteiger partial charge in [0, 0.05) is 16.6 Å². The van der Waals surface area contributed by atoms with E-state index in [4.69, 9.17) is 23.8 Å². The SMILES string of the molecule is CCN1C(=O)/C(=C\c2cc(Br)cc(Cl)c2O)SC1=S. The van der Waals surface area contributed by atoms with E-state index in [2.05, 4.69) is 15.9 Å². The Bertz CT molecular complexity index is 604. The number of carbonyl (C=O) groups is 1. The molecule has 1 N–H and O–H groups in total. The topological polar surface area (TPSA) is 40.5 Å². The Kier molecular flexibility index (Phi) is 4.55. The van der Waals surface area contributed by atoms with E-state index in [1.807, 2.05) is 6.92 Å². The fourth-order valence-electron chi connectivity index (χ4n) is 1.61. The average molecular weight is 379 g/mol. The van der Waals surface area contributed by atoms with Gasteiger partial charge in [-0.15, -0.1) is 0 Å². The van der Waals surface area contributed by atoms with Crippen LogP contribution in [0.2, 0.25) is 5.02 Å². The third kappa shape index (κ3) is 2.97. The van der Waals surface area contributed by atoms with Gasteiger partial charge in [0.25, 0.3) is 5.91 Å². The van der Waals surface area contributed by atoms with Crippen LogP contribution in [0.25, 0.3) is 6.08 Å². The summed E-state index contributed by atoms with van der Waals surface area (Å²) in [5.41, 5.74) is 0.482. The van der Waals surface area contributed by atoms with E-state index >= 15 is 0 Å². The summed E-state index contributed by atoms with van der Waals surface area (Å²) in [5.74, 6) is -0.195. The number of carbonyl (C=O) groups excluding carboxylic acids is 1. The molecule has 2 rings (SSSR count). The number of thioether (sulfide) groups is 1. The summed E-state index contributed by atoms with van der Waals surface area (Å²) in [6, 6.07) is 3.28. The Morgan fingerprint density at radius 1 is 1.58 bits per heavy atom. The normalized spacial score (nSPS) is 17.6. The van der Waals surface area contributed by atoms with E-state index < -0.39 is 0 Å². The van der Waals surface area contributed by atoms with Crippen molar-refractivity contribution in [2.24, 2.45) is 0 Å². The Morgan fingerprint density at radius 2 is 2.26 bits per heavy atom. The first-order valence-electron chi connectivity index (χ1n) is 5.37. The van der Waals surface area contributed by atoms with Gasteiger partial charge < -0.3 is 5.11 Å². The van der Waals surface area contributed by atoms with Crippen molar-refractivity contribution in [1.82, 2.24) is 4.90 Å². The Morgan fingerprint density at radius 3 is 2.84 bits per heavy atom. The van der Waals surface area contributed by atoms with Crippen molar-refractivity contribution >= 4 is 67.8 Å². The highest BCUT2D eigenvalue weighted by Crippen LogP contribution is 2.37.